The second-order valence-electron chi connectivity index (χ2n) is 4.15. The predicted octanol–water partition coefficient (Wildman–Crippen LogP) is 0.160. The highest BCUT2D eigenvalue weighted by Gasteiger charge is 2.26. The Morgan fingerprint density at radius 3 is 2.81 bits per heavy atom. The van der Waals surface area contributed by atoms with Gasteiger partial charge in [0.1, 0.15) is 0 Å². The normalized spacial score (nSPS) is 16.9. The third-order valence-corrected chi connectivity index (χ3v) is 2.57. The van der Waals surface area contributed by atoms with Gasteiger partial charge >= 0.3 is 0 Å². The molecule has 1 atom stereocenters. The molecule has 5 heteroatoms. The number of primary amides is 1. The largest absolute Gasteiger partial charge is 0.454 e. The Hall–Kier alpha value is -1.75. The molecule has 0 aromatic heterocycles. The fourth-order valence-electron chi connectivity index (χ4n) is 1.56. The summed E-state index contributed by atoms with van der Waals surface area (Å²) in [5, 5.41) is 0. The van der Waals surface area contributed by atoms with Crippen LogP contribution in [0.5, 0.6) is 11.5 Å². The van der Waals surface area contributed by atoms with Gasteiger partial charge in [0.25, 0.3) is 0 Å². The third kappa shape index (κ3) is 1.94. The zero-order valence-electron chi connectivity index (χ0n) is 9.03. The van der Waals surface area contributed by atoms with E-state index >= 15 is 0 Å². The predicted molar refractivity (Wildman–Crippen MR) is 58.1 cm³/mol. The molecule has 1 aliphatic heterocycles. The Bertz CT molecular complexity index is 429. The number of rotatable bonds is 3. The smallest absolute Gasteiger partial charge is 0.237 e. The molecular weight excluding hydrogens is 208 g/mol. The van der Waals surface area contributed by atoms with Crippen molar-refractivity contribution in [3.05, 3.63) is 23.8 Å². The summed E-state index contributed by atoms with van der Waals surface area (Å²) in [7, 11) is 0. The molecule has 1 aromatic carbocycles. The van der Waals surface area contributed by atoms with E-state index < -0.39 is 11.4 Å². The van der Waals surface area contributed by atoms with E-state index in [4.69, 9.17) is 20.9 Å². The van der Waals surface area contributed by atoms with Gasteiger partial charge < -0.3 is 20.9 Å². The number of benzene rings is 1. The lowest BCUT2D eigenvalue weighted by Gasteiger charge is -2.20. The minimum absolute atomic E-state index is 0.231. The zero-order chi connectivity index (χ0) is 11.8. The fraction of sp³-hybridized carbons (Fsp3) is 0.364. The van der Waals surface area contributed by atoms with E-state index in [0.29, 0.717) is 17.9 Å². The first-order valence-corrected chi connectivity index (χ1v) is 4.96. The molecule has 5 nitrogen and oxygen atoms in total. The maximum absolute atomic E-state index is 11.1. The van der Waals surface area contributed by atoms with Gasteiger partial charge in [-0.1, -0.05) is 6.07 Å². The van der Waals surface area contributed by atoms with Crippen LogP contribution >= 0.6 is 0 Å². The lowest BCUT2D eigenvalue weighted by atomic mass is 9.93. The van der Waals surface area contributed by atoms with Gasteiger partial charge in [-0.05, 0) is 31.0 Å². The quantitative estimate of drug-likeness (QED) is 0.762. The molecular formula is C11H14N2O3. The van der Waals surface area contributed by atoms with Gasteiger partial charge in [0.2, 0.25) is 12.7 Å². The lowest BCUT2D eigenvalue weighted by molar-refractivity contribution is -0.122. The van der Waals surface area contributed by atoms with Crippen LogP contribution in [-0.2, 0) is 11.2 Å². The third-order valence-electron chi connectivity index (χ3n) is 2.57. The Kier molecular flexibility index (Phi) is 2.47. The average molecular weight is 222 g/mol. The second-order valence-corrected chi connectivity index (χ2v) is 4.15. The molecule has 0 aliphatic carbocycles. The van der Waals surface area contributed by atoms with Crippen LogP contribution in [0, 0.1) is 0 Å². The van der Waals surface area contributed by atoms with Crippen LogP contribution in [-0.4, -0.2) is 18.2 Å². The van der Waals surface area contributed by atoms with Crippen molar-refractivity contribution in [2.75, 3.05) is 6.79 Å². The van der Waals surface area contributed by atoms with Crippen molar-refractivity contribution in [3.63, 3.8) is 0 Å². The summed E-state index contributed by atoms with van der Waals surface area (Å²) < 4.78 is 10.4. The molecule has 2 rings (SSSR count). The Morgan fingerprint density at radius 2 is 2.12 bits per heavy atom. The highest BCUT2D eigenvalue weighted by atomic mass is 16.7. The second kappa shape index (κ2) is 3.68. The van der Waals surface area contributed by atoms with E-state index in [9.17, 15) is 4.79 Å². The van der Waals surface area contributed by atoms with Crippen LogP contribution in [0.25, 0.3) is 0 Å². The van der Waals surface area contributed by atoms with Gasteiger partial charge in [-0.25, -0.2) is 0 Å². The van der Waals surface area contributed by atoms with Gasteiger partial charge in [-0.2, -0.15) is 0 Å². The summed E-state index contributed by atoms with van der Waals surface area (Å²) in [6.07, 6.45) is 0.374. The molecule has 1 heterocycles. The molecule has 16 heavy (non-hydrogen) atoms. The summed E-state index contributed by atoms with van der Waals surface area (Å²) >= 11 is 0. The highest BCUT2D eigenvalue weighted by molar-refractivity contribution is 5.84. The first-order valence-electron chi connectivity index (χ1n) is 4.96. The molecule has 0 spiro atoms. The molecule has 1 aromatic rings. The molecule has 0 saturated heterocycles. The first-order chi connectivity index (χ1) is 7.49. The number of hydrogen-bond donors (Lipinski definition) is 2. The van der Waals surface area contributed by atoms with Crippen molar-refractivity contribution in [3.8, 4) is 11.5 Å². The van der Waals surface area contributed by atoms with Crippen molar-refractivity contribution in [1.82, 2.24) is 0 Å². The number of amides is 1. The number of hydrogen-bond acceptors (Lipinski definition) is 4. The molecule has 1 amide bonds. The van der Waals surface area contributed by atoms with Gasteiger partial charge in [0.15, 0.2) is 11.5 Å². The van der Waals surface area contributed by atoms with Crippen molar-refractivity contribution >= 4 is 5.91 Å². The molecule has 86 valence electrons. The van der Waals surface area contributed by atoms with Crippen molar-refractivity contribution in [2.24, 2.45) is 11.5 Å². The molecule has 1 aliphatic rings. The molecule has 0 bridgehead atoms. The Balaban J connectivity index is 2.20. The van der Waals surface area contributed by atoms with Crippen molar-refractivity contribution in [2.45, 2.75) is 18.9 Å². The van der Waals surface area contributed by atoms with Crippen molar-refractivity contribution < 1.29 is 14.3 Å². The van der Waals surface area contributed by atoms with Gasteiger partial charge in [0, 0.05) is 0 Å². The van der Waals surface area contributed by atoms with E-state index in [2.05, 4.69) is 0 Å². The van der Waals surface area contributed by atoms with Crippen LogP contribution in [0.1, 0.15) is 12.5 Å². The first kappa shape index (κ1) is 10.8. The van der Waals surface area contributed by atoms with Crippen LogP contribution in [0.3, 0.4) is 0 Å². The average Bonchev–Trinajstić information content (AvgIpc) is 2.63. The topological polar surface area (TPSA) is 87.6 Å². The number of ether oxygens (including phenoxy) is 2. The van der Waals surface area contributed by atoms with Crippen LogP contribution in [0.2, 0.25) is 0 Å². The Morgan fingerprint density at radius 1 is 1.44 bits per heavy atom. The minimum atomic E-state index is -1.05. The molecule has 1 unspecified atom stereocenters. The number of nitrogens with two attached hydrogens (primary N) is 2. The van der Waals surface area contributed by atoms with Gasteiger partial charge in [-0.3, -0.25) is 4.79 Å². The van der Waals surface area contributed by atoms with Gasteiger partial charge in [0.05, 0.1) is 5.54 Å². The van der Waals surface area contributed by atoms with E-state index in [-0.39, 0.29) is 6.79 Å². The van der Waals surface area contributed by atoms with Crippen LogP contribution in [0.4, 0.5) is 0 Å². The Labute approximate surface area is 93.3 Å². The molecule has 4 N–H and O–H groups in total. The van der Waals surface area contributed by atoms with Gasteiger partial charge in [-0.15, -0.1) is 0 Å². The number of carbonyl (C=O) groups is 1. The van der Waals surface area contributed by atoms with Crippen molar-refractivity contribution in [1.29, 1.82) is 0 Å². The summed E-state index contributed by atoms with van der Waals surface area (Å²) in [5.74, 6) is 0.865. The molecule has 0 saturated carbocycles. The minimum Gasteiger partial charge on any atom is -0.454 e. The standard InChI is InChI=1S/C11H14N2O3/c1-11(13,10(12)14)5-7-2-3-8-9(4-7)16-6-15-8/h2-4H,5-6,13H2,1H3,(H2,12,14). The summed E-state index contributed by atoms with van der Waals surface area (Å²) in [5.41, 5.74) is 10.8. The monoisotopic (exact) mass is 222 g/mol. The summed E-state index contributed by atoms with van der Waals surface area (Å²) in [6.45, 7) is 1.84. The number of fused-ring (bicyclic) bond motifs is 1. The zero-order valence-corrected chi connectivity index (χ0v) is 9.03. The summed E-state index contributed by atoms with van der Waals surface area (Å²) in [4.78, 5) is 11.1. The fourth-order valence-corrected chi connectivity index (χ4v) is 1.56. The maximum Gasteiger partial charge on any atom is 0.237 e. The van der Waals surface area contributed by atoms with E-state index in [1.165, 1.54) is 0 Å². The highest BCUT2D eigenvalue weighted by Crippen LogP contribution is 2.33. The number of carbonyl (C=O) groups excluding carboxylic acids is 1. The SMILES string of the molecule is CC(N)(Cc1ccc2c(c1)OCO2)C(N)=O. The van der Waals surface area contributed by atoms with E-state index in [0.717, 1.165) is 5.56 Å². The van der Waals surface area contributed by atoms with Crippen LogP contribution < -0.4 is 20.9 Å². The molecule has 0 fully saturated rings. The van der Waals surface area contributed by atoms with Crippen LogP contribution in [0.15, 0.2) is 18.2 Å². The van der Waals surface area contributed by atoms with E-state index in [1.807, 2.05) is 12.1 Å². The maximum atomic E-state index is 11.1. The summed E-state index contributed by atoms with van der Waals surface area (Å²) in [6, 6.07) is 5.46. The molecule has 0 radical (unpaired) electrons. The lowest BCUT2D eigenvalue weighted by Crippen LogP contribution is -2.51. The van der Waals surface area contributed by atoms with E-state index in [1.54, 1.807) is 13.0 Å².